The predicted octanol–water partition coefficient (Wildman–Crippen LogP) is 4.34. The highest BCUT2D eigenvalue weighted by Gasteiger charge is 2.68. The highest BCUT2D eigenvalue weighted by atomic mass is 35.5. The van der Waals surface area contributed by atoms with Gasteiger partial charge in [0.15, 0.2) is 6.61 Å². The van der Waals surface area contributed by atoms with E-state index in [1.165, 1.54) is 0 Å². The lowest BCUT2D eigenvalue weighted by Gasteiger charge is -2.70. The molecule has 2 aromatic rings. The maximum Gasteiger partial charge on any atom is 0.416 e. The molecule has 3 saturated carbocycles. The number of aryl methyl sites for hydroxylation is 1. The number of carbonyl (C=O) groups excluding carboxylic acids is 1. The number of nitrogens with one attached hydrogen (secondary N) is 2. The average molecular weight is 426 g/mol. The molecule has 0 atom stereocenters. The Balaban J connectivity index is 1.27. The molecule has 5 nitrogen and oxygen atoms in total. The molecule has 3 aliphatic rings. The molecule has 5 rings (SSSR count). The van der Waals surface area contributed by atoms with Crippen LogP contribution in [0, 0.1) is 6.92 Å². The van der Waals surface area contributed by atoms with Gasteiger partial charge in [-0.1, -0.05) is 11.6 Å². The van der Waals surface area contributed by atoms with Crippen LogP contribution in [0.1, 0.15) is 30.4 Å². The maximum absolute atomic E-state index is 12.8. The van der Waals surface area contributed by atoms with Gasteiger partial charge in [-0.25, -0.2) is 4.98 Å². The lowest BCUT2D eigenvalue weighted by Crippen LogP contribution is -2.81. The van der Waals surface area contributed by atoms with Crippen molar-refractivity contribution in [3.63, 3.8) is 0 Å². The summed E-state index contributed by atoms with van der Waals surface area (Å²) in [5, 5.41) is 6.69. The van der Waals surface area contributed by atoms with Gasteiger partial charge < -0.3 is 15.4 Å². The van der Waals surface area contributed by atoms with Crippen LogP contribution >= 0.6 is 11.6 Å². The summed E-state index contributed by atoms with van der Waals surface area (Å²) in [6.07, 6.45) is -1.34. The van der Waals surface area contributed by atoms with Crippen LogP contribution in [0.3, 0.4) is 0 Å². The first-order valence-corrected chi connectivity index (χ1v) is 9.47. The number of hydrogen-bond acceptors (Lipinski definition) is 4. The average Bonchev–Trinajstić information content (AvgIpc) is 2.59. The smallest absolute Gasteiger partial charge is 0.416 e. The molecule has 1 aromatic heterocycles. The van der Waals surface area contributed by atoms with Crippen LogP contribution in [0.15, 0.2) is 36.5 Å². The second kappa shape index (κ2) is 6.79. The number of hydrogen-bond donors (Lipinski definition) is 2. The van der Waals surface area contributed by atoms with Crippen molar-refractivity contribution >= 4 is 23.3 Å². The van der Waals surface area contributed by atoms with Crippen LogP contribution in [0.4, 0.5) is 19.0 Å². The summed E-state index contributed by atoms with van der Waals surface area (Å²) in [4.78, 5) is 16.2. The minimum atomic E-state index is -4.41. The van der Waals surface area contributed by atoms with E-state index >= 15 is 0 Å². The van der Waals surface area contributed by atoms with E-state index in [1.807, 2.05) is 6.92 Å². The first kappa shape index (κ1) is 19.8. The fraction of sp³-hybridized carbons (Fsp3) is 0.400. The number of pyridine rings is 1. The molecule has 3 fully saturated rings. The monoisotopic (exact) mass is 425 g/mol. The molecule has 1 aromatic carbocycles. The van der Waals surface area contributed by atoms with Crippen LogP contribution in [0.2, 0.25) is 5.02 Å². The molecule has 0 spiro atoms. The summed E-state index contributed by atoms with van der Waals surface area (Å²) in [6, 6.07) is 7.12. The van der Waals surface area contributed by atoms with Gasteiger partial charge in [-0.15, -0.1) is 0 Å². The molecule has 9 heteroatoms. The van der Waals surface area contributed by atoms with Crippen LogP contribution in [0.25, 0.3) is 0 Å². The van der Waals surface area contributed by atoms with Gasteiger partial charge >= 0.3 is 6.18 Å². The van der Waals surface area contributed by atoms with Crippen molar-refractivity contribution in [3.8, 4) is 5.75 Å². The van der Waals surface area contributed by atoms with E-state index < -0.39 is 11.7 Å². The van der Waals surface area contributed by atoms with Crippen LogP contribution in [-0.2, 0) is 11.0 Å². The maximum atomic E-state index is 12.8. The number of amides is 1. The van der Waals surface area contributed by atoms with E-state index in [1.54, 1.807) is 18.2 Å². The van der Waals surface area contributed by atoms with Gasteiger partial charge in [0.2, 0.25) is 0 Å². The normalized spacial score (nSPS) is 24.9. The molecule has 0 radical (unpaired) electrons. The third-order valence-electron chi connectivity index (χ3n) is 5.41. The summed E-state index contributed by atoms with van der Waals surface area (Å²) < 4.78 is 44.0. The van der Waals surface area contributed by atoms with E-state index in [4.69, 9.17) is 16.3 Å². The van der Waals surface area contributed by atoms with Crippen molar-refractivity contribution in [2.75, 3.05) is 11.9 Å². The third-order valence-corrected chi connectivity index (χ3v) is 5.84. The van der Waals surface area contributed by atoms with E-state index in [2.05, 4.69) is 15.6 Å². The molecule has 2 N–H and O–H groups in total. The van der Waals surface area contributed by atoms with Crippen LogP contribution in [-0.4, -0.2) is 28.6 Å². The molecule has 1 amide bonds. The molecular weight excluding hydrogens is 407 g/mol. The fourth-order valence-corrected chi connectivity index (χ4v) is 4.31. The number of nitrogens with zero attached hydrogens (tertiary/aromatic N) is 1. The zero-order valence-electron chi connectivity index (χ0n) is 15.6. The van der Waals surface area contributed by atoms with Crippen molar-refractivity contribution in [1.82, 2.24) is 10.3 Å². The standard InChI is InChI=1S/C20H19ClF3N3O2/c1-12-6-14(2-3-15(12)21)29-8-17(28)27-19-9-18(10-19,11-19)26-16-7-13(4-5-25-16)20(22,23)24/h2-7H,8-11H2,1H3,(H,25,26)(H,27,28). The van der Waals surface area contributed by atoms with E-state index in [0.717, 1.165) is 23.9 Å². The van der Waals surface area contributed by atoms with E-state index in [9.17, 15) is 18.0 Å². The minimum absolute atomic E-state index is 0.113. The number of carbonyl (C=O) groups is 1. The summed E-state index contributed by atoms with van der Waals surface area (Å²) in [5.41, 5.74) is -0.497. The van der Waals surface area contributed by atoms with Gasteiger partial charge in [-0.05, 0) is 62.1 Å². The second-order valence-electron chi connectivity index (χ2n) is 7.89. The SMILES string of the molecule is Cc1cc(OCC(=O)NC23CC(Nc4cc(C(F)(F)F)ccn4)(C2)C3)ccc1Cl. The van der Waals surface area contributed by atoms with Gasteiger partial charge in [-0.3, -0.25) is 4.79 Å². The summed E-state index contributed by atoms with van der Waals surface area (Å²) in [5.74, 6) is 0.525. The fourth-order valence-electron chi connectivity index (χ4n) is 4.19. The number of ether oxygens (including phenoxy) is 1. The zero-order valence-corrected chi connectivity index (χ0v) is 16.3. The molecule has 154 valence electrons. The highest BCUT2D eigenvalue weighted by Crippen LogP contribution is 2.61. The van der Waals surface area contributed by atoms with Crippen molar-refractivity contribution in [2.45, 2.75) is 43.4 Å². The lowest BCUT2D eigenvalue weighted by molar-refractivity contribution is -0.138. The Hall–Kier alpha value is -2.48. The van der Waals surface area contributed by atoms with Gasteiger partial charge in [0.1, 0.15) is 11.6 Å². The lowest BCUT2D eigenvalue weighted by atomic mass is 9.44. The molecule has 0 aliphatic heterocycles. The largest absolute Gasteiger partial charge is 0.484 e. The predicted molar refractivity (Wildman–Crippen MR) is 102 cm³/mol. The van der Waals surface area contributed by atoms with Gasteiger partial charge in [0, 0.05) is 22.3 Å². The minimum Gasteiger partial charge on any atom is -0.484 e. The second-order valence-corrected chi connectivity index (χ2v) is 8.30. The first-order valence-electron chi connectivity index (χ1n) is 9.10. The van der Waals surface area contributed by atoms with Gasteiger partial charge in [-0.2, -0.15) is 13.2 Å². The van der Waals surface area contributed by atoms with E-state index in [0.29, 0.717) is 30.0 Å². The number of alkyl halides is 3. The summed E-state index contributed by atoms with van der Waals surface area (Å²) in [7, 11) is 0. The first-order chi connectivity index (χ1) is 13.6. The topological polar surface area (TPSA) is 63.2 Å². The quantitative estimate of drug-likeness (QED) is 0.722. The van der Waals surface area contributed by atoms with Crippen molar-refractivity contribution in [3.05, 3.63) is 52.7 Å². The van der Waals surface area contributed by atoms with Crippen molar-refractivity contribution in [1.29, 1.82) is 0 Å². The molecule has 3 aliphatic carbocycles. The summed E-state index contributed by atoms with van der Waals surface area (Å²) in [6.45, 7) is 1.74. The van der Waals surface area contributed by atoms with Crippen molar-refractivity contribution < 1.29 is 22.7 Å². The number of rotatable bonds is 6. The molecule has 2 bridgehead atoms. The highest BCUT2D eigenvalue weighted by molar-refractivity contribution is 6.31. The van der Waals surface area contributed by atoms with Crippen LogP contribution < -0.4 is 15.4 Å². The Labute approximate surface area is 170 Å². The Morgan fingerprint density at radius 2 is 1.93 bits per heavy atom. The Morgan fingerprint density at radius 3 is 2.59 bits per heavy atom. The summed E-state index contributed by atoms with van der Waals surface area (Å²) >= 11 is 5.96. The van der Waals surface area contributed by atoms with Crippen molar-refractivity contribution in [2.24, 2.45) is 0 Å². The number of anilines is 1. The molecule has 0 saturated heterocycles. The van der Waals surface area contributed by atoms with Gasteiger partial charge in [0.05, 0.1) is 5.56 Å². The molecule has 1 heterocycles. The molecular formula is C20H19ClF3N3O2. The number of aromatic nitrogens is 1. The zero-order chi connectivity index (χ0) is 20.9. The Kier molecular flexibility index (Phi) is 4.64. The Morgan fingerprint density at radius 1 is 1.21 bits per heavy atom. The number of halogens is 4. The Bertz CT molecular complexity index is 944. The van der Waals surface area contributed by atoms with Crippen LogP contribution in [0.5, 0.6) is 5.75 Å². The van der Waals surface area contributed by atoms with E-state index in [-0.39, 0.29) is 29.4 Å². The molecule has 29 heavy (non-hydrogen) atoms. The molecule has 0 unspecified atom stereocenters. The number of benzene rings is 1. The van der Waals surface area contributed by atoms with Gasteiger partial charge in [0.25, 0.3) is 5.91 Å². The third kappa shape index (κ3) is 3.99.